The van der Waals surface area contributed by atoms with Gasteiger partial charge >= 0.3 is 0 Å². The van der Waals surface area contributed by atoms with Gasteiger partial charge in [0.25, 0.3) is 0 Å². The van der Waals surface area contributed by atoms with E-state index in [4.69, 9.17) is 0 Å². The van der Waals surface area contributed by atoms with Gasteiger partial charge in [0.05, 0.1) is 0 Å². The highest BCUT2D eigenvalue weighted by Gasteiger charge is 2.17. The van der Waals surface area contributed by atoms with Crippen LogP contribution in [0.5, 0.6) is 0 Å². The lowest BCUT2D eigenvalue weighted by molar-refractivity contribution is 0.619. The van der Waals surface area contributed by atoms with Gasteiger partial charge in [-0.3, -0.25) is 0 Å². The molecule has 0 radical (unpaired) electrons. The van der Waals surface area contributed by atoms with Gasteiger partial charge in [-0.15, -0.1) is 0 Å². The minimum atomic E-state index is -0.295. The second-order valence-corrected chi connectivity index (χ2v) is 5.25. The lowest BCUT2D eigenvalue weighted by Crippen LogP contribution is -2.19. The quantitative estimate of drug-likeness (QED) is 0.899. The molecule has 1 aliphatic heterocycles. The molecule has 1 unspecified atom stereocenters. The van der Waals surface area contributed by atoms with Crippen molar-refractivity contribution in [2.45, 2.75) is 12.5 Å². The molecule has 0 saturated carbocycles. The van der Waals surface area contributed by atoms with Gasteiger partial charge in [-0.2, -0.15) is 11.8 Å². The van der Waals surface area contributed by atoms with Crippen molar-refractivity contribution in [1.29, 1.82) is 0 Å². The molecule has 1 saturated heterocycles. The summed E-state index contributed by atoms with van der Waals surface area (Å²) < 4.78 is 14.0. The molecule has 5 heteroatoms. The van der Waals surface area contributed by atoms with Crippen LogP contribution in [-0.2, 0) is 0 Å². The predicted octanol–water partition coefficient (Wildman–Crippen LogP) is 2.90. The molecule has 1 atom stereocenters. The maximum absolute atomic E-state index is 13.3. The molecule has 0 aromatic carbocycles. The Morgan fingerprint density at radius 1 is 1.64 bits per heavy atom. The van der Waals surface area contributed by atoms with E-state index in [0.29, 0.717) is 16.3 Å². The number of thioether (sulfide) groups is 1. The molecule has 14 heavy (non-hydrogen) atoms. The van der Waals surface area contributed by atoms with Crippen molar-refractivity contribution in [3.05, 3.63) is 22.6 Å². The van der Waals surface area contributed by atoms with Crippen LogP contribution in [0, 0.1) is 5.82 Å². The Kier molecular flexibility index (Phi) is 3.28. The van der Waals surface area contributed by atoms with Gasteiger partial charge in [0.15, 0.2) is 11.6 Å². The summed E-state index contributed by atoms with van der Waals surface area (Å²) in [6.07, 6.45) is 2.69. The zero-order chi connectivity index (χ0) is 9.97. The first kappa shape index (κ1) is 10.2. The third kappa shape index (κ3) is 2.39. The van der Waals surface area contributed by atoms with Crippen LogP contribution in [0.25, 0.3) is 0 Å². The van der Waals surface area contributed by atoms with Gasteiger partial charge in [0, 0.05) is 22.5 Å². The van der Waals surface area contributed by atoms with Crippen LogP contribution < -0.4 is 5.32 Å². The van der Waals surface area contributed by atoms with Crippen molar-refractivity contribution < 1.29 is 4.39 Å². The molecule has 1 aromatic rings. The monoisotopic (exact) mass is 276 g/mol. The van der Waals surface area contributed by atoms with E-state index in [0.717, 1.165) is 17.9 Å². The first-order valence-corrected chi connectivity index (χ1v) is 6.36. The van der Waals surface area contributed by atoms with Gasteiger partial charge < -0.3 is 5.32 Å². The van der Waals surface area contributed by atoms with E-state index in [1.165, 1.54) is 6.07 Å². The fourth-order valence-corrected chi connectivity index (χ4v) is 2.82. The lowest BCUT2D eigenvalue weighted by atomic mass is 10.2. The summed E-state index contributed by atoms with van der Waals surface area (Å²) in [6, 6.07) is 1.79. The van der Waals surface area contributed by atoms with E-state index in [1.54, 1.807) is 6.20 Å². The fourth-order valence-electron chi connectivity index (χ4n) is 1.36. The highest BCUT2D eigenvalue weighted by Crippen LogP contribution is 2.22. The van der Waals surface area contributed by atoms with Crippen molar-refractivity contribution in [1.82, 2.24) is 4.98 Å². The number of rotatable bonds is 2. The minimum Gasteiger partial charge on any atom is -0.364 e. The van der Waals surface area contributed by atoms with Crippen LogP contribution in [0.3, 0.4) is 0 Å². The first-order chi connectivity index (χ1) is 6.75. The zero-order valence-electron chi connectivity index (χ0n) is 7.46. The van der Waals surface area contributed by atoms with Crippen LogP contribution in [0.2, 0.25) is 0 Å². The van der Waals surface area contributed by atoms with E-state index in [1.807, 2.05) is 11.8 Å². The van der Waals surface area contributed by atoms with Crippen LogP contribution in [-0.4, -0.2) is 22.5 Å². The molecule has 1 aromatic heterocycles. The normalized spacial score (nSPS) is 21.1. The van der Waals surface area contributed by atoms with Crippen molar-refractivity contribution >= 4 is 33.5 Å². The number of halogens is 2. The summed E-state index contributed by atoms with van der Waals surface area (Å²) in [5.41, 5.74) is 0. The number of hydrogen-bond acceptors (Lipinski definition) is 3. The molecule has 0 aliphatic carbocycles. The number of nitrogens with zero attached hydrogens (tertiary/aromatic N) is 1. The number of nitrogens with one attached hydrogen (secondary N) is 1. The molecular formula is C9H10BrFN2S. The molecule has 2 nitrogen and oxygen atoms in total. The Balaban J connectivity index is 2.08. The molecule has 2 rings (SSSR count). The van der Waals surface area contributed by atoms with Crippen molar-refractivity contribution in [3.8, 4) is 0 Å². The summed E-state index contributed by atoms with van der Waals surface area (Å²) in [5, 5.41) is 3.11. The lowest BCUT2D eigenvalue weighted by Gasteiger charge is -2.12. The second kappa shape index (κ2) is 4.49. The molecule has 1 aliphatic rings. The van der Waals surface area contributed by atoms with Crippen molar-refractivity contribution in [2.24, 2.45) is 0 Å². The molecule has 1 N–H and O–H groups in total. The van der Waals surface area contributed by atoms with Gasteiger partial charge in [-0.25, -0.2) is 9.37 Å². The smallest absolute Gasteiger partial charge is 0.166 e. The molecule has 2 heterocycles. The molecule has 1 fully saturated rings. The predicted molar refractivity (Wildman–Crippen MR) is 61.2 cm³/mol. The van der Waals surface area contributed by atoms with Crippen LogP contribution in [0.1, 0.15) is 6.42 Å². The summed E-state index contributed by atoms with van der Waals surface area (Å²) in [6.45, 7) is 0. The largest absolute Gasteiger partial charge is 0.364 e. The Morgan fingerprint density at radius 2 is 2.50 bits per heavy atom. The van der Waals surface area contributed by atoms with Gasteiger partial charge in [0.2, 0.25) is 0 Å². The molecule has 0 amide bonds. The molecule has 0 bridgehead atoms. The maximum Gasteiger partial charge on any atom is 0.166 e. The summed E-state index contributed by atoms with van der Waals surface area (Å²) in [7, 11) is 0. The second-order valence-electron chi connectivity index (χ2n) is 3.19. The number of hydrogen-bond donors (Lipinski definition) is 1. The number of anilines is 1. The summed E-state index contributed by atoms with van der Waals surface area (Å²) in [5.74, 6) is 2.25. The number of aromatic nitrogens is 1. The Hall–Kier alpha value is -0.290. The number of pyridine rings is 1. The van der Waals surface area contributed by atoms with E-state index in [9.17, 15) is 4.39 Å². The van der Waals surface area contributed by atoms with Crippen LogP contribution in [0.4, 0.5) is 10.2 Å². The van der Waals surface area contributed by atoms with Gasteiger partial charge in [-0.05, 0) is 34.2 Å². The average Bonchev–Trinajstić information content (AvgIpc) is 2.62. The van der Waals surface area contributed by atoms with E-state index in [-0.39, 0.29) is 5.82 Å². The Morgan fingerprint density at radius 3 is 3.14 bits per heavy atom. The minimum absolute atomic E-state index is 0.295. The van der Waals surface area contributed by atoms with Gasteiger partial charge in [0.1, 0.15) is 0 Å². The fraction of sp³-hybridized carbons (Fsp3) is 0.444. The Labute approximate surface area is 94.8 Å². The van der Waals surface area contributed by atoms with Gasteiger partial charge in [-0.1, -0.05) is 0 Å². The van der Waals surface area contributed by atoms with E-state index in [2.05, 4.69) is 26.2 Å². The summed E-state index contributed by atoms with van der Waals surface area (Å²) >= 11 is 5.06. The highest BCUT2D eigenvalue weighted by molar-refractivity contribution is 9.10. The average molecular weight is 277 g/mol. The first-order valence-electron chi connectivity index (χ1n) is 4.41. The zero-order valence-corrected chi connectivity index (χ0v) is 9.87. The standard InChI is InChI=1S/C9H10BrFN2S/c10-6-3-8(11)9(12-4-6)13-7-1-2-14-5-7/h3-4,7H,1-2,5H2,(H,12,13). The maximum atomic E-state index is 13.3. The SMILES string of the molecule is Fc1cc(Br)cnc1NC1CCSC1. The Bertz CT molecular complexity index is 329. The van der Waals surface area contributed by atoms with Crippen LogP contribution in [0.15, 0.2) is 16.7 Å². The summed E-state index contributed by atoms with van der Waals surface area (Å²) in [4.78, 5) is 4.00. The molecular weight excluding hydrogens is 267 g/mol. The van der Waals surface area contributed by atoms with E-state index >= 15 is 0 Å². The van der Waals surface area contributed by atoms with Crippen LogP contribution >= 0.6 is 27.7 Å². The van der Waals surface area contributed by atoms with E-state index < -0.39 is 0 Å². The topological polar surface area (TPSA) is 24.9 Å². The molecule has 76 valence electrons. The molecule has 0 spiro atoms. The van der Waals surface area contributed by atoms with Crippen molar-refractivity contribution in [2.75, 3.05) is 16.8 Å². The third-order valence-corrected chi connectivity index (χ3v) is 3.67. The highest BCUT2D eigenvalue weighted by atomic mass is 79.9. The third-order valence-electron chi connectivity index (χ3n) is 2.08. The van der Waals surface area contributed by atoms with Crippen molar-refractivity contribution in [3.63, 3.8) is 0 Å².